The number of nitrogens with zero attached hydrogens (tertiary/aromatic N) is 1. The number of fused-ring (bicyclic) bond motifs is 3. The third kappa shape index (κ3) is 4.12. The summed E-state index contributed by atoms with van der Waals surface area (Å²) in [5.74, 6) is 0.0114. The Morgan fingerprint density at radius 1 is 1.28 bits per heavy atom. The number of pyridine rings is 1. The average molecular weight is 413 g/mol. The van der Waals surface area contributed by atoms with E-state index in [4.69, 9.17) is 20.8 Å². The number of hydrogen-bond acceptors (Lipinski definition) is 5. The Bertz CT molecular complexity index is 1110. The summed E-state index contributed by atoms with van der Waals surface area (Å²) in [4.78, 5) is 28.8. The van der Waals surface area contributed by atoms with Crippen LogP contribution in [0.2, 0.25) is 5.02 Å². The van der Waals surface area contributed by atoms with Crippen LogP contribution in [0, 0.1) is 0 Å². The number of carbonyl (C=O) groups is 1. The van der Waals surface area contributed by atoms with E-state index in [-0.39, 0.29) is 11.5 Å². The highest BCUT2D eigenvalue weighted by Gasteiger charge is 2.21. The van der Waals surface area contributed by atoms with Gasteiger partial charge in [0.2, 0.25) is 0 Å². The standard InChI is InChI=1S/C22H21ClN2O4/c1-13(21(26)25-12-14-6-4-5-9-24-14)28-20-11-19-17(10-18(20)23)15-7-2-3-8-16(15)22(27)29-19/h4-6,9-11,13H,2-3,7-8,12H2,1H3,(H,25,26)/t13-/m1/s1. The molecule has 0 spiro atoms. The van der Waals surface area contributed by atoms with Crippen LogP contribution in [-0.4, -0.2) is 17.0 Å². The molecule has 0 aliphatic heterocycles. The molecule has 3 aromatic rings. The molecule has 6 nitrogen and oxygen atoms in total. The van der Waals surface area contributed by atoms with Crippen LogP contribution in [-0.2, 0) is 24.2 Å². The van der Waals surface area contributed by atoms with Crippen LogP contribution in [0.5, 0.6) is 5.75 Å². The van der Waals surface area contributed by atoms with E-state index in [1.807, 2.05) is 18.2 Å². The summed E-state index contributed by atoms with van der Waals surface area (Å²) in [7, 11) is 0. The van der Waals surface area contributed by atoms with Gasteiger partial charge in [-0.15, -0.1) is 0 Å². The Morgan fingerprint density at radius 2 is 2.07 bits per heavy atom. The summed E-state index contributed by atoms with van der Waals surface area (Å²) in [6.45, 7) is 1.94. The van der Waals surface area contributed by atoms with Gasteiger partial charge in [-0.3, -0.25) is 9.78 Å². The summed E-state index contributed by atoms with van der Waals surface area (Å²) in [5, 5.41) is 4.00. The summed E-state index contributed by atoms with van der Waals surface area (Å²) < 4.78 is 11.3. The van der Waals surface area contributed by atoms with Gasteiger partial charge in [0.1, 0.15) is 11.3 Å². The topological polar surface area (TPSA) is 81.4 Å². The van der Waals surface area contributed by atoms with Crippen molar-refractivity contribution < 1.29 is 13.9 Å². The predicted octanol–water partition coefficient (Wildman–Crippen LogP) is 3.80. The molecule has 4 rings (SSSR count). The molecule has 0 radical (unpaired) electrons. The third-order valence-corrected chi connectivity index (χ3v) is 5.41. The van der Waals surface area contributed by atoms with Gasteiger partial charge < -0.3 is 14.5 Å². The van der Waals surface area contributed by atoms with Crippen LogP contribution in [0.25, 0.3) is 11.0 Å². The molecule has 7 heteroatoms. The predicted molar refractivity (Wildman–Crippen MR) is 110 cm³/mol. The van der Waals surface area contributed by atoms with Gasteiger partial charge in [0.05, 0.1) is 17.3 Å². The molecule has 2 aromatic heterocycles. The van der Waals surface area contributed by atoms with Gasteiger partial charge >= 0.3 is 5.63 Å². The highest BCUT2D eigenvalue weighted by Crippen LogP contribution is 2.34. The first kappa shape index (κ1) is 19.5. The van der Waals surface area contributed by atoms with Crippen molar-refractivity contribution in [1.29, 1.82) is 0 Å². The largest absolute Gasteiger partial charge is 0.479 e. The molecule has 150 valence electrons. The minimum Gasteiger partial charge on any atom is -0.479 e. The Kier molecular flexibility index (Phi) is 5.53. The molecule has 29 heavy (non-hydrogen) atoms. The van der Waals surface area contributed by atoms with E-state index in [2.05, 4.69) is 10.3 Å². The Balaban J connectivity index is 1.53. The summed E-state index contributed by atoms with van der Waals surface area (Å²) in [6, 6.07) is 8.85. The number of rotatable bonds is 5. The van der Waals surface area contributed by atoms with Crippen LogP contribution >= 0.6 is 11.6 Å². The van der Waals surface area contributed by atoms with Crippen LogP contribution in [0.4, 0.5) is 0 Å². The molecule has 0 bridgehead atoms. The van der Waals surface area contributed by atoms with Crippen molar-refractivity contribution in [3.05, 3.63) is 68.8 Å². The van der Waals surface area contributed by atoms with Gasteiger partial charge in [-0.05, 0) is 56.4 Å². The lowest BCUT2D eigenvalue weighted by Crippen LogP contribution is -2.36. The van der Waals surface area contributed by atoms with Gasteiger partial charge in [-0.1, -0.05) is 17.7 Å². The molecule has 0 saturated carbocycles. The zero-order valence-corrected chi connectivity index (χ0v) is 16.8. The molecule has 1 amide bonds. The molecule has 0 fully saturated rings. The minimum absolute atomic E-state index is 0.293. The maximum absolute atomic E-state index is 12.4. The molecule has 1 aromatic carbocycles. The first-order valence-electron chi connectivity index (χ1n) is 9.65. The van der Waals surface area contributed by atoms with E-state index >= 15 is 0 Å². The molecular formula is C22H21ClN2O4. The smallest absolute Gasteiger partial charge is 0.339 e. The lowest BCUT2D eigenvalue weighted by Gasteiger charge is -2.18. The lowest BCUT2D eigenvalue weighted by atomic mass is 9.90. The molecular weight excluding hydrogens is 392 g/mol. The van der Waals surface area contributed by atoms with E-state index in [9.17, 15) is 9.59 Å². The number of aryl methyl sites for hydroxylation is 1. The molecule has 1 N–H and O–H groups in total. The normalized spacial score (nSPS) is 14.3. The van der Waals surface area contributed by atoms with Crippen molar-refractivity contribution in [3.63, 3.8) is 0 Å². The van der Waals surface area contributed by atoms with Crippen molar-refractivity contribution in [1.82, 2.24) is 10.3 Å². The molecule has 0 saturated heterocycles. The summed E-state index contributed by atoms with van der Waals surface area (Å²) in [5.41, 5.74) is 2.63. The van der Waals surface area contributed by atoms with E-state index < -0.39 is 6.10 Å². The molecule has 2 heterocycles. The monoisotopic (exact) mass is 412 g/mol. The molecule has 1 aliphatic rings. The van der Waals surface area contributed by atoms with E-state index in [0.717, 1.165) is 47.9 Å². The van der Waals surface area contributed by atoms with Crippen molar-refractivity contribution in [3.8, 4) is 5.75 Å². The second kappa shape index (κ2) is 8.25. The number of aromatic nitrogens is 1. The van der Waals surface area contributed by atoms with E-state index in [0.29, 0.717) is 22.9 Å². The molecule has 1 aliphatic carbocycles. The number of benzene rings is 1. The van der Waals surface area contributed by atoms with Crippen molar-refractivity contribution in [2.24, 2.45) is 0 Å². The molecule has 1 atom stereocenters. The van der Waals surface area contributed by atoms with Gasteiger partial charge in [-0.25, -0.2) is 4.79 Å². The summed E-state index contributed by atoms with van der Waals surface area (Å²) in [6.07, 6.45) is 4.48. The highest BCUT2D eigenvalue weighted by molar-refractivity contribution is 6.32. The highest BCUT2D eigenvalue weighted by atomic mass is 35.5. The summed E-state index contributed by atoms with van der Waals surface area (Å²) >= 11 is 6.42. The first-order chi connectivity index (χ1) is 14.0. The van der Waals surface area contributed by atoms with E-state index in [1.165, 1.54) is 0 Å². The maximum Gasteiger partial charge on any atom is 0.339 e. The number of halogens is 1. The van der Waals surface area contributed by atoms with Crippen LogP contribution < -0.4 is 15.7 Å². The first-order valence-corrected chi connectivity index (χ1v) is 10.0. The van der Waals surface area contributed by atoms with Crippen molar-refractivity contribution in [2.45, 2.75) is 45.3 Å². The zero-order chi connectivity index (χ0) is 20.4. The quantitative estimate of drug-likeness (QED) is 0.644. The van der Waals surface area contributed by atoms with Gasteiger partial charge in [-0.2, -0.15) is 0 Å². The number of amides is 1. The Hall–Kier alpha value is -2.86. The zero-order valence-electron chi connectivity index (χ0n) is 16.0. The van der Waals surface area contributed by atoms with Crippen LogP contribution in [0.1, 0.15) is 36.6 Å². The van der Waals surface area contributed by atoms with Crippen LogP contribution in [0.15, 0.2) is 45.7 Å². The van der Waals surface area contributed by atoms with E-state index in [1.54, 1.807) is 25.3 Å². The number of ether oxygens (including phenoxy) is 1. The average Bonchev–Trinajstić information content (AvgIpc) is 2.74. The van der Waals surface area contributed by atoms with Gasteiger partial charge in [0, 0.05) is 23.2 Å². The lowest BCUT2D eigenvalue weighted by molar-refractivity contribution is -0.127. The SMILES string of the molecule is C[C@@H](Oc1cc2oc(=O)c3c(c2cc1Cl)CCCC3)C(=O)NCc1ccccn1. The fraction of sp³-hybridized carbons (Fsp3) is 0.318. The fourth-order valence-electron chi connectivity index (χ4n) is 3.60. The number of carbonyl (C=O) groups excluding carboxylic acids is 1. The Morgan fingerprint density at radius 3 is 2.83 bits per heavy atom. The number of nitrogens with one attached hydrogen (secondary N) is 1. The van der Waals surface area contributed by atoms with Crippen molar-refractivity contribution >= 4 is 28.5 Å². The third-order valence-electron chi connectivity index (χ3n) is 5.12. The number of hydrogen-bond donors (Lipinski definition) is 1. The fourth-order valence-corrected chi connectivity index (χ4v) is 3.81. The second-order valence-electron chi connectivity index (χ2n) is 7.13. The van der Waals surface area contributed by atoms with Crippen LogP contribution in [0.3, 0.4) is 0 Å². The Labute approximate surface area is 172 Å². The van der Waals surface area contributed by atoms with Gasteiger partial charge in [0.25, 0.3) is 5.91 Å². The maximum atomic E-state index is 12.4. The van der Waals surface area contributed by atoms with Gasteiger partial charge in [0.15, 0.2) is 6.10 Å². The minimum atomic E-state index is -0.780. The second-order valence-corrected chi connectivity index (χ2v) is 7.54. The molecule has 0 unspecified atom stereocenters. The van der Waals surface area contributed by atoms with Crippen molar-refractivity contribution in [2.75, 3.05) is 0 Å².